The lowest BCUT2D eigenvalue weighted by Crippen LogP contribution is -2.41. The third-order valence-corrected chi connectivity index (χ3v) is 5.73. The van der Waals surface area contributed by atoms with Crippen LogP contribution in [0, 0.1) is 11.3 Å². The summed E-state index contributed by atoms with van der Waals surface area (Å²) in [6, 6.07) is 1.86. The number of pyridine rings is 1. The Morgan fingerprint density at radius 3 is 2.85 bits per heavy atom. The Bertz CT molecular complexity index is 733. The number of carbonyl (C=O) groups is 1. The number of hydrogen-bond acceptors (Lipinski definition) is 4. The van der Waals surface area contributed by atoms with Gasteiger partial charge in [0.2, 0.25) is 0 Å². The minimum atomic E-state index is -0.469. The SMILES string of the molecule is CC1(C)C2CCC1(c1nc3c(N)nccc3[nH]1)C(=O)C2. The molecule has 5 nitrogen and oxygen atoms in total. The van der Waals surface area contributed by atoms with Gasteiger partial charge in [0.15, 0.2) is 5.82 Å². The van der Waals surface area contributed by atoms with Crippen molar-refractivity contribution >= 4 is 22.6 Å². The van der Waals surface area contributed by atoms with Gasteiger partial charge in [-0.2, -0.15) is 0 Å². The number of imidazole rings is 1. The fourth-order valence-corrected chi connectivity index (χ4v) is 4.39. The molecule has 20 heavy (non-hydrogen) atoms. The summed E-state index contributed by atoms with van der Waals surface area (Å²) >= 11 is 0. The molecule has 0 aromatic carbocycles. The molecule has 0 saturated heterocycles. The maximum absolute atomic E-state index is 12.6. The predicted molar refractivity (Wildman–Crippen MR) is 76.1 cm³/mol. The van der Waals surface area contributed by atoms with Crippen LogP contribution >= 0.6 is 0 Å². The number of aromatic nitrogens is 3. The van der Waals surface area contributed by atoms with Crippen molar-refractivity contribution in [3.05, 3.63) is 18.1 Å². The standard InChI is InChI=1S/C15H18N4O/c1-14(2)8-3-5-15(14,10(20)7-8)13-18-9-4-6-17-12(16)11(9)19-13/h4,6,8H,3,5,7H2,1-2H3,(H2,16,17)(H,18,19). The number of nitrogen functional groups attached to an aromatic ring is 1. The molecule has 5 heteroatoms. The molecular formula is C15H18N4O. The maximum atomic E-state index is 12.6. The number of rotatable bonds is 1. The topological polar surface area (TPSA) is 84.7 Å². The minimum absolute atomic E-state index is 0.0415. The highest BCUT2D eigenvalue weighted by Crippen LogP contribution is 2.64. The molecule has 0 amide bonds. The molecule has 2 fully saturated rings. The summed E-state index contributed by atoms with van der Waals surface area (Å²) in [5.74, 6) is 1.99. The van der Waals surface area contributed by atoms with Crippen molar-refractivity contribution in [2.24, 2.45) is 11.3 Å². The first kappa shape index (κ1) is 11.9. The lowest BCUT2D eigenvalue weighted by molar-refractivity contribution is -0.124. The lowest BCUT2D eigenvalue weighted by atomic mass is 9.68. The van der Waals surface area contributed by atoms with Gasteiger partial charge in [-0.3, -0.25) is 4.79 Å². The van der Waals surface area contributed by atoms with Crippen LogP contribution in [0.5, 0.6) is 0 Å². The minimum Gasteiger partial charge on any atom is -0.382 e. The van der Waals surface area contributed by atoms with Gasteiger partial charge in [-0.25, -0.2) is 9.97 Å². The number of ketones is 1. The fourth-order valence-electron chi connectivity index (χ4n) is 4.39. The lowest BCUT2D eigenvalue weighted by Gasteiger charge is -2.34. The van der Waals surface area contributed by atoms with Gasteiger partial charge in [-0.15, -0.1) is 0 Å². The van der Waals surface area contributed by atoms with Crippen LogP contribution in [0.3, 0.4) is 0 Å². The summed E-state index contributed by atoms with van der Waals surface area (Å²) in [6.07, 6.45) is 4.33. The molecule has 2 aromatic heterocycles. The summed E-state index contributed by atoms with van der Waals surface area (Å²) in [5.41, 5.74) is 6.91. The van der Waals surface area contributed by atoms with Crippen molar-refractivity contribution in [3.63, 3.8) is 0 Å². The monoisotopic (exact) mass is 270 g/mol. The highest BCUT2D eigenvalue weighted by molar-refractivity contribution is 5.95. The van der Waals surface area contributed by atoms with E-state index in [9.17, 15) is 4.79 Å². The van der Waals surface area contributed by atoms with Crippen LogP contribution in [0.1, 0.15) is 38.9 Å². The molecule has 2 saturated carbocycles. The molecule has 104 valence electrons. The Morgan fingerprint density at radius 2 is 2.25 bits per heavy atom. The second-order valence-electron chi connectivity index (χ2n) is 6.67. The molecule has 0 aliphatic heterocycles. The van der Waals surface area contributed by atoms with Crippen LogP contribution in [0.2, 0.25) is 0 Å². The van der Waals surface area contributed by atoms with E-state index in [1.807, 2.05) is 6.07 Å². The fraction of sp³-hybridized carbons (Fsp3) is 0.533. The van der Waals surface area contributed by atoms with Crippen molar-refractivity contribution in [1.29, 1.82) is 0 Å². The number of H-pyrrole nitrogens is 1. The molecule has 2 bridgehead atoms. The van der Waals surface area contributed by atoms with Gasteiger partial charge in [0.1, 0.15) is 17.1 Å². The smallest absolute Gasteiger partial charge is 0.151 e. The number of nitrogens with zero attached hydrogens (tertiary/aromatic N) is 2. The van der Waals surface area contributed by atoms with Gasteiger partial charge in [0.05, 0.1) is 10.9 Å². The van der Waals surface area contributed by atoms with Crippen molar-refractivity contribution in [1.82, 2.24) is 15.0 Å². The third-order valence-electron chi connectivity index (χ3n) is 5.73. The van der Waals surface area contributed by atoms with E-state index in [1.165, 1.54) is 0 Å². The largest absolute Gasteiger partial charge is 0.382 e. The Hall–Kier alpha value is -1.91. The molecule has 2 aliphatic carbocycles. The normalized spacial score (nSPS) is 31.3. The number of hydrogen-bond donors (Lipinski definition) is 2. The Balaban J connectivity index is 1.98. The van der Waals surface area contributed by atoms with E-state index in [-0.39, 0.29) is 5.41 Å². The number of nitrogens with two attached hydrogens (primary N) is 1. The molecule has 0 radical (unpaired) electrons. The van der Waals surface area contributed by atoms with Crippen molar-refractivity contribution in [2.75, 3.05) is 5.73 Å². The summed E-state index contributed by atoms with van der Waals surface area (Å²) in [7, 11) is 0. The van der Waals surface area contributed by atoms with Crippen molar-refractivity contribution < 1.29 is 4.79 Å². The number of fused-ring (bicyclic) bond motifs is 3. The Kier molecular flexibility index (Phi) is 2.02. The van der Waals surface area contributed by atoms with Crippen LogP contribution in [0.15, 0.2) is 12.3 Å². The highest BCUT2D eigenvalue weighted by atomic mass is 16.1. The van der Waals surface area contributed by atoms with E-state index in [4.69, 9.17) is 5.73 Å². The van der Waals surface area contributed by atoms with Crippen LogP contribution in [0.4, 0.5) is 5.82 Å². The summed E-state index contributed by atoms with van der Waals surface area (Å²) < 4.78 is 0. The first-order valence-electron chi connectivity index (χ1n) is 7.11. The number of carbonyl (C=O) groups excluding carboxylic acids is 1. The summed E-state index contributed by atoms with van der Waals surface area (Å²) in [6.45, 7) is 4.40. The highest BCUT2D eigenvalue weighted by Gasteiger charge is 2.66. The molecule has 2 atom stereocenters. The first-order chi connectivity index (χ1) is 9.47. The molecular weight excluding hydrogens is 252 g/mol. The van der Waals surface area contributed by atoms with Crippen LogP contribution in [-0.4, -0.2) is 20.7 Å². The average molecular weight is 270 g/mol. The number of nitrogens with one attached hydrogen (secondary N) is 1. The molecule has 2 aliphatic rings. The molecule has 3 N–H and O–H groups in total. The zero-order valence-electron chi connectivity index (χ0n) is 11.7. The summed E-state index contributed by atoms with van der Waals surface area (Å²) in [4.78, 5) is 24.7. The van der Waals surface area contributed by atoms with Gasteiger partial charge in [0.25, 0.3) is 0 Å². The van der Waals surface area contributed by atoms with Gasteiger partial charge >= 0.3 is 0 Å². The number of aromatic amines is 1. The molecule has 2 heterocycles. The number of Topliss-reactive ketones (excluding diaryl/α,β-unsaturated/α-hetero) is 1. The van der Waals surface area contributed by atoms with E-state index < -0.39 is 5.41 Å². The van der Waals surface area contributed by atoms with Crippen LogP contribution < -0.4 is 5.73 Å². The van der Waals surface area contributed by atoms with E-state index in [1.54, 1.807) is 6.20 Å². The quantitative estimate of drug-likeness (QED) is 0.831. The zero-order chi connectivity index (χ0) is 14.1. The van der Waals surface area contributed by atoms with E-state index in [2.05, 4.69) is 28.8 Å². The van der Waals surface area contributed by atoms with Gasteiger partial charge in [0, 0.05) is 12.6 Å². The van der Waals surface area contributed by atoms with Gasteiger partial charge in [-0.05, 0) is 30.2 Å². The maximum Gasteiger partial charge on any atom is 0.151 e. The van der Waals surface area contributed by atoms with Crippen molar-refractivity contribution in [3.8, 4) is 0 Å². The Morgan fingerprint density at radius 1 is 1.45 bits per heavy atom. The molecule has 2 aromatic rings. The van der Waals surface area contributed by atoms with Gasteiger partial charge < -0.3 is 10.7 Å². The van der Waals surface area contributed by atoms with Crippen molar-refractivity contribution in [2.45, 2.75) is 38.5 Å². The molecule has 2 unspecified atom stereocenters. The molecule has 0 spiro atoms. The van der Waals surface area contributed by atoms with Gasteiger partial charge in [-0.1, -0.05) is 13.8 Å². The first-order valence-corrected chi connectivity index (χ1v) is 7.11. The summed E-state index contributed by atoms with van der Waals surface area (Å²) in [5, 5.41) is 0. The third kappa shape index (κ3) is 1.12. The number of anilines is 1. The van der Waals surface area contributed by atoms with E-state index in [0.29, 0.717) is 29.5 Å². The van der Waals surface area contributed by atoms with Crippen LogP contribution in [0.25, 0.3) is 11.0 Å². The zero-order valence-corrected chi connectivity index (χ0v) is 11.7. The second-order valence-corrected chi connectivity index (χ2v) is 6.67. The Labute approximate surface area is 117 Å². The predicted octanol–water partition coefficient (Wildman–Crippen LogP) is 2.19. The average Bonchev–Trinajstić information content (AvgIpc) is 2.98. The van der Waals surface area contributed by atoms with Crippen LogP contribution in [-0.2, 0) is 10.2 Å². The molecule has 4 rings (SSSR count). The second kappa shape index (κ2) is 3.40. The van der Waals surface area contributed by atoms with E-state index in [0.717, 1.165) is 24.2 Å². The van der Waals surface area contributed by atoms with E-state index >= 15 is 0 Å².